The molecular formula is C18H19N5O2. The summed E-state index contributed by atoms with van der Waals surface area (Å²) in [5, 5.41) is 3.22. The van der Waals surface area contributed by atoms with Gasteiger partial charge in [0.25, 0.3) is 0 Å². The van der Waals surface area contributed by atoms with E-state index < -0.39 is 0 Å². The van der Waals surface area contributed by atoms with Crippen LogP contribution in [-0.4, -0.2) is 47.0 Å². The SMILES string of the molecule is COC(CNc1cc(-c2ccccn2)nc(-c2ccncc2)n1)OC. The van der Waals surface area contributed by atoms with E-state index in [2.05, 4.69) is 25.3 Å². The number of nitrogens with zero attached hydrogens (tertiary/aromatic N) is 4. The maximum atomic E-state index is 5.20. The fourth-order valence-electron chi connectivity index (χ4n) is 2.26. The fourth-order valence-corrected chi connectivity index (χ4v) is 2.26. The highest BCUT2D eigenvalue weighted by Gasteiger charge is 2.11. The number of hydrogen-bond donors (Lipinski definition) is 1. The zero-order chi connectivity index (χ0) is 17.5. The molecule has 0 spiro atoms. The Labute approximate surface area is 146 Å². The molecule has 0 aliphatic heterocycles. The van der Waals surface area contributed by atoms with Crippen molar-refractivity contribution >= 4 is 5.82 Å². The Hall–Kier alpha value is -2.90. The smallest absolute Gasteiger partial charge is 0.173 e. The van der Waals surface area contributed by atoms with Gasteiger partial charge in [0.1, 0.15) is 5.82 Å². The lowest BCUT2D eigenvalue weighted by atomic mass is 10.2. The van der Waals surface area contributed by atoms with Crippen LogP contribution < -0.4 is 5.32 Å². The van der Waals surface area contributed by atoms with Gasteiger partial charge in [-0.1, -0.05) is 6.07 Å². The van der Waals surface area contributed by atoms with E-state index in [0.29, 0.717) is 18.2 Å². The third kappa shape index (κ3) is 4.34. The number of methoxy groups -OCH3 is 2. The van der Waals surface area contributed by atoms with E-state index in [4.69, 9.17) is 9.47 Å². The molecule has 0 aliphatic carbocycles. The topological polar surface area (TPSA) is 82.0 Å². The number of rotatable bonds is 7. The average molecular weight is 337 g/mol. The summed E-state index contributed by atoms with van der Waals surface area (Å²) >= 11 is 0. The first-order valence-corrected chi connectivity index (χ1v) is 7.80. The molecule has 0 atom stereocenters. The van der Waals surface area contributed by atoms with Gasteiger partial charge in [-0.15, -0.1) is 0 Å². The highest BCUT2D eigenvalue weighted by Crippen LogP contribution is 2.22. The van der Waals surface area contributed by atoms with Gasteiger partial charge in [0.2, 0.25) is 0 Å². The molecule has 3 aromatic rings. The minimum Gasteiger partial charge on any atom is -0.365 e. The summed E-state index contributed by atoms with van der Waals surface area (Å²) in [5.74, 6) is 1.26. The molecule has 3 heterocycles. The number of ether oxygens (including phenoxy) is 2. The summed E-state index contributed by atoms with van der Waals surface area (Å²) in [7, 11) is 3.19. The zero-order valence-electron chi connectivity index (χ0n) is 14.1. The molecule has 25 heavy (non-hydrogen) atoms. The Morgan fingerprint density at radius 1 is 0.960 bits per heavy atom. The van der Waals surface area contributed by atoms with Gasteiger partial charge in [-0.2, -0.15) is 0 Å². The summed E-state index contributed by atoms with van der Waals surface area (Å²) in [5.41, 5.74) is 2.39. The van der Waals surface area contributed by atoms with Crippen LogP contribution in [0.4, 0.5) is 5.82 Å². The maximum absolute atomic E-state index is 5.20. The Bertz CT molecular complexity index is 737. The number of anilines is 1. The molecule has 0 bridgehead atoms. The van der Waals surface area contributed by atoms with Gasteiger partial charge in [-0.05, 0) is 24.3 Å². The summed E-state index contributed by atoms with van der Waals surface area (Å²) < 4.78 is 10.4. The first kappa shape index (κ1) is 16.9. The highest BCUT2D eigenvalue weighted by atomic mass is 16.7. The van der Waals surface area contributed by atoms with Crippen LogP contribution in [0, 0.1) is 0 Å². The largest absolute Gasteiger partial charge is 0.365 e. The molecule has 3 rings (SSSR count). The first-order chi connectivity index (χ1) is 12.3. The Balaban J connectivity index is 1.97. The van der Waals surface area contributed by atoms with Gasteiger partial charge in [0.05, 0.1) is 17.9 Å². The lowest BCUT2D eigenvalue weighted by Crippen LogP contribution is -2.24. The van der Waals surface area contributed by atoms with Gasteiger partial charge in [-0.25, -0.2) is 9.97 Å². The summed E-state index contributed by atoms with van der Waals surface area (Å²) in [4.78, 5) is 17.6. The van der Waals surface area contributed by atoms with Crippen LogP contribution in [0.3, 0.4) is 0 Å². The monoisotopic (exact) mass is 337 g/mol. The summed E-state index contributed by atoms with van der Waals surface area (Å²) in [6.45, 7) is 0.460. The standard InChI is InChI=1S/C18H19N5O2/c1-24-17(25-2)12-21-16-11-15(14-5-3-4-8-20-14)22-18(23-16)13-6-9-19-10-7-13/h3-11,17H,12H2,1-2H3,(H,21,22,23). The lowest BCUT2D eigenvalue weighted by Gasteiger charge is -2.15. The van der Waals surface area contributed by atoms with Crippen molar-refractivity contribution in [2.45, 2.75) is 6.29 Å². The third-order valence-corrected chi connectivity index (χ3v) is 3.57. The van der Waals surface area contributed by atoms with E-state index in [9.17, 15) is 0 Å². The van der Waals surface area contributed by atoms with Crippen LogP contribution in [0.25, 0.3) is 22.8 Å². The van der Waals surface area contributed by atoms with Crippen molar-refractivity contribution in [1.29, 1.82) is 0 Å². The molecule has 3 aromatic heterocycles. The number of nitrogens with one attached hydrogen (secondary N) is 1. The van der Waals surface area contributed by atoms with Crippen LogP contribution >= 0.6 is 0 Å². The molecule has 0 saturated heterocycles. The van der Waals surface area contributed by atoms with Gasteiger partial charge in [0, 0.05) is 44.4 Å². The Morgan fingerprint density at radius 3 is 2.44 bits per heavy atom. The van der Waals surface area contributed by atoms with Gasteiger partial charge < -0.3 is 14.8 Å². The fraction of sp³-hybridized carbons (Fsp3) is 0.222. The quantitative estimate of drug-likeness (QED) is 0.664. The van der Waals surface area contributed by atoms with Gasteiger partial charge in [0.15, 0.2) is 12.1 Å². The van der Waals surface area contributed by atoms with Crippen LogP contribution in [0.1, 0.15) is 0 Å². The molecular weight excluding hydrogens is 318 g/mol. The molecule has 0 unspecified atom stereocenters. The Morgan fingerprint density at radius 2 is 1.76 bits per heavy atom. The van der Waals surface area contributed by atoms with Crippen molar-refractivity contribution in [2.75, 3.05) is 26.1 Å². The number of hydrogen-bond acceptors (Lipinski definition) is 7. The molecule has 1 N–H and O–H groups in total. The van der Waals surface area contributed by atoms with Gasteiger partial charge in [-0.3, -0.25) is 9.97 Å². The molecule has 7 heteroatoms. The van der Waals surface area contributed by atoms with E-state index in [0.717, 1.165) is 17.0 Å². The molecule has 0 amide bonds. The number of aromatic nitrogens is 4. The molecule has 0 saturated carbocycles. The maximum Gasteiger partial charge on any atom is 0.173 e. The van der Waals surface area contributed by atoms with E-state index in [-0.39, 0.29) is 6.29 Å². The normalized spacial score (nSPS) is 10.8. The van der Waals surface area contributed by atoms with Gasteiger partial charge >= 0.3 is 0 Å². The minimum absolute atomic E-state index is 0.363. The summed E-state index contributed by atoms with van der Waals surface area (Å²) in [6.07, 6.45) is 4.80. The predicted octanol–water partition coefficient (Wildman–Crippen LogP) is 2.63. The van der Waals surface area contributed by atoms with Crippen molar-refractivity contribution in [2.24, 2.45) is 0 Å². The van der Waals surface area contributed by atoms with E-state index >= 15 is 0 Å². The Kier molecular flexibility index (Phi) is 5.61. The molecule has 0 aliphatic rings. The molecule has 0 aromatic carbocycles. The van der Waals surface area contributed by atoms with Crippen molar-refractivity contribution in [3.63, 3.8) is 0 Å². The second kappa shape index (κ2) is 8.27. The van der Waals surface area contributed by atoms with Crippen molar-refractivity contribution < 1.29 is 9.47 Å². The third-order valence-electron chi connectivity index (χ3n) is 3.57. The minimum atomic E-state index is -0.363. The highest BCUT2D eigenvalue weighted by molar-refractivity contribution is 5.65. The van der Waals surface area contributed by atoms with E-state index in [1.807, 2.05) is 36.4 Å². The predicted molar refractivity (Wildman–Crippen MR) is 94.8 cm³/mol. The van der Waals surface area contributed by atoms with Crippen molar-refractivity contribution in [1.82, 2.24) is 19.9 Å². The molecule has 0 fully saturated rings. The van der Waals surface area contributed by atoms with E-state index in [1.54, 1.807) is 32.8 Å². The zero-order valence-corrected chi connectivity index (χ0v) is 14.1. The van der Waals surface area contributed by atoms with Crippen LogP contribution in [0.2, 0.25) is 0 Å². The second-order valence-corrected chi connectivity index (χ2v) is 5.19. The van der Waals surface area contributed by atoms with E-state index in [1.165, 1.54) is 0 Å². The van der Waals surface area contributed by atoms with Crippen LogP contribution in [0.15, 0.2) is 55.0 Å². The second-order valence-electron chi connectivity index (χ2n) is 5.19. The molecule has 128 valence electrons. The lowest BCUT2D eigenvalue weighted by molar-refractivity contribution is -0.0914. The molecule has 0 radical (unpaired) electrons. The number of pyridine rings is 2. The molecule has 7 nitrogen and oxygen atoms in total. The van der Waals surface area contributed by atoms with Crippen LogP contribution in [-0.2, 0) is 9.47 Å². The first-order valence-electron chi connectivity index (χ1n) is 7.80. The van der Waals surface area contributed by atoms with Crippen molar-refractivity contribution in [3.8, 4) is 22.8 Å². The average Bonchev–Trinajstić information content (AvgIpc) is 2.70. The summed E-state index contributed by atoms with van der Waals surface area (Å²) in [6, 6.07) is 11.3. The van der Waals surface area contributed by atoms with Crippen molar-refractivity contribution in [3.05, 3.63) is 55.0 Å². The van der Waals surface area contributed by atoms with Crippen LogP contribution in [0.5, 0.6) is 0 Å².